The first-order valence-electron chi connectivity index (χ1n) is 5.57. The first kappa shape index (κ1) is 14.0. The summed E-state index contributed by atoms with van der Waals surface area (Å²) in [5, 5.41) is 18.5. The molecule has 2 atom stereocenters. The second-order valence-electron chi connectivity index (χ2n) is 4.33. The first-order valence-corrected chi connectivity index (χ1v) is 6.36. The predicted molar refractivity (Wildman–Crippen MR) is 67.2 cm³/mol. The molecule has 1 aromatic carbocycles. The Morgan fingerprint density at radius 1 is 1.42 bits per heavy atom. The van der Waals surface area contributed by atoms with Crippen LogP contribution in [-0.4, -0.2) is 45.7 Å². The van der Waals surface area contributed by atoms with Crippen molar-refractivity contribution in [3.05, 3.63) is 34.1 Å². The van der Waals surface area contributed by atoms with E-state index in [1.54, 1.807) is 0 Å². The number of aliphatic hydroxyl groups excluding tert-OH is 1. The minimum atomic E-state index is -1.16. The molecule has 0 saturated carbocycles. The zero-order chi connectivity index (χ0) is 14.2. The highest BCUT2D eigenvalue weighted by Gasteiger charge is 2.39. The maximum atomic E-state index is 13.1. The van der Waals surface area contributed by atoms with Crippen LogP contribution in [0.1, 0.15) is 16.8 Å². The quantitative estimate of drug-likeness (QED) is 0.854. The summed E-state index contributed by atoms with van der Waals surface area (Å²) in [6.45, 7) is -0.0369. The van der Waals surface area contributed by atoms with Gasteiger partial charge in [0.05, 0.1) is 10.6 Å². The van der Waals surface area contributed by atoms with Crippen LogP contribution in [0, 0.1) is 5.82 Å². The van der Waals surface area contributed by atoms with E-state index in [9.17, 15) is 19.1 Å². The lowest BCUT2D eigenvalue weighted by Crippen LogP contribution is -2.40. The van der Waals surface area contributed by atoms with Crippen LogP contribution >= 0.6 is 15.9 Å². The zero-order valence-electron chi connectivity index (χ0n) is 9.72. The van der Waals surface area contributed by atoms with Crippen LogP contribution < -0.4 is 0 Å². The van der Waals surface area contributed by atoms with Gasteiger partial charge in [-0.3, -0.25) is 4.79 Å². The molecule has 0 aliphatic carbocycles. The fraction of sp³-hybridized carbons (Fsp3) is 0.333. The van der Waals surface area contributed by atoms with Crippen molar-refractivity contribution in [3.63, 3.8) is 0 Å². The molecule has 1 amide bonds. The highest BCUT2D eigenvalue weighted by atomic mass is 79.9. The Morgan fingerprint density at radius 3 is 2.68 bits per heavy atom. The van der Waals surface area contributed by atoms with Crippen LogP contribution in [0.5, 0.6) is 0 Å². The number of benzene rings is 1. The van der Waals surface area contributed by atoms with Gasteiger partial charge in [-0.1, -0.05) is 0 Å². The summed E-state index contributed by atoms with van der Waals surface area (Å²) in [6, 6.07) is 2.65. The highest BCUT2D eigenvalue weighted by Crippen LogP contribution is 2.23. The molecule has 0 bridgehead atoms. The number of carboxylic acids is 1. The molecule has 1 fully saturated rings. The number of aliphatic carboxylic acids is 1. The monoisotopic (exact) mass is 331 g/mol. The van der Waals surface area contributed by atoms with Crippen LogP contribution in [0.2, 0.25) is 0 Å². The van der Waals surface area contributed by atoms with Crippen LogP contribution in [-0.2, 0) is 4.79 Å². The number of aliphatic hydroxyl groups is 1. The minimum absolute atomic E-state index is 0.00341. The number of hydrogen-bond acceptors (Lipinski definition) is 3. The maximum absolute atomic E-state index is 13.1. The minimum Gasteiger partial charge on any atom is -0.480 e. The number of likely N-dealkylation sites (tertiary alicyclic amines) is 1. The van der Waals surface area contributed by atoms with E-state index in [4.69, 9.17) is 5.11 Å². The van der Waals surface area contributed by atoms with E-state index >= 15 is 0 Å². The van der Waals surface area contributed by atoms with Crippen LogP contribution in [0.25, 0.3) is 0 Å². The van der Waals surface area contributed by atoms with Gasteiger partial charge in [-0.25, -0.2) is 9.18 Å². The van der Waals surface area contributed by atoms with Gasteiger partial charge in [-0.2, -0.15) is 0 Å². The molecule has 1 saturated heterocycles. The fourth-order valence-corrected chi connectivity index (χ4v) is 2.45. The fourth-order valence-electron chi connectivity index (χ4n) is 2.07. The predicted octanol–water partition coefficient (Wildman–Crippen LogP) is 1.25. The number of amides is 1. The molecule has 5 nitrogen and oxygen atoms in total. The van der Waals surface area contributed by atoms with Crippen molar-refractivity contribution < 1.29 is 24.2 Å². The van der Waals surface area contributed by atoms with E-state index in [2.05, 4.69) is 15.9 Å². The van der Waals surface area contributed by atoms with Crippen molar-refractivity contribution in [2.24, 2.45) is 0 Å². The lowest BCUT2D eigenvalue weighted by Gasteiger charge is -2.21. The van der Waals surface area contributed by atoms with Gasteiger partial charge in [0.15, 0.2) is 0 Å². The Kier molecular flexibility index (Phi) is 3.86. The van der Waals surface area contributed by atoms with E-state index < -0.39 is 29.8 Å². The molecule has 0 unspecified atom stereocenters. The molecule has 0 spiro atoms. The molecule has 1 aliphatic rings. The number of hydrogen-bond donors (Lipinski definition) is 2. The molecule has 2 rings (SSSR count). The topological polar surface area (TPSA) is 77.8 Å². The molecule has 1 aromatic rings. The van der Waals surface area contributed by atoms with E-state index in [0.29, 0.717) is 0 Å². The van der Waals surface area contributed by atoms with E-state index in [1.807, 2.05) is 0 Å². The normalized spacial score (nSPS) is 22.6. The summed E-state index contributed by atoms with van der Waals surface area (Å²) in [5.41, 5.74) is 0.175. The number of carbonyl (C=O) groups excluding carboxylic acids is 1. The van der Waals surface area contributed by atoms with Gasteiger partial charge in [-0.05, 0) is 34.1 Å². The van der Waals surface area contributed by atoms with Gasteiger partial charge < -0.3 is 15.1 Å². The summed E-state index contributed by atoms with van der Waals surface area (Å²) < 4.78 is 13.2. The van der Waals surface area contributed by atoms with Gasteiger partial charge in [0.2, 0.25) is 0 Å². The molecule has 7 heteroatoms. The Balaban J connectivity index is 2.27. The summed E-state index contributed by atoms with van der Waals surface area (Å²) in [4.78, 5) is 24.3. The Labute approximate surface area is 116 Å². The lowest BCUT2D eigenvalue weighted by atomic mass is 10.1. The molecular formula is C12H11BrFNO4. The van der Waals surface area contributed by atoms with Gasteiger partial charge >= 0.3 is 5.97 Å². The lowest BCUT2D eigenvalue weighted by molar-refractivity contribution is -0.141. The van der Waals surface area contributed by atoms with Crippen molar-refractivity contribution >= 4 is 27.8 Å². The third kappa shape index (κ3) is 2.76. The Hall–Kier alpha value is -1.47. The average molecular weight is 332 g/mol. The maximum Gasteiger partial charge on any atom is 0.326 e. The number of rotatable bonds is 2. The number of carbonyl (C=O) groups is 2. The van der Waals surface area contributed by atoms with Gasteiger partial charge in [-0.15, -0.1) is 0 Å². The molecular weight excluding hydrogens is 321 g/mol. The second kappa shape index (κ2) is 5.26. The summed E-state index contributed by atoms with van der Waals surface area (Å²) in [5.74, 6) is -2.21. The smallest absolute Gasteiger partial charge is 0.326 e. The molecule has 0 aromatic heterocycles. The van der Waals surface area contributed by atoms with Crippen molar-refractivity contribution in [1.82, 2.24) is 4.90 Å². The van der Waals surface area contributed by atoms with Gasteiger partial charge in [0.1, 0.15) is 11.9 Å². The largest absolute Gasteiger partial charge is 0.480 e. The van der Waals surface area contributed by atoms with Crippen LogP contribution in [0.4, 0.5) is 4.39 Å². The summed E-state index contributed by atoms with van der Waals surface area (Å²) in [6.07, 6.45) is -0.849. The SMILES string of the molecule is O=C(O)[C@@H]1C[C@H](O)CN1C(=O)c1ccc(F)c(Br)c1. The van der Waals surface area contributed by atoms with Crippen molar-refractivity contribution in [2.75, 3.05) is 6.54 Å². The molecule has 1 aliphatic heterocycles. The highest BCUT2D eigenvalue weighted by molar-refractivity contribution is 9.10. The van der Waals surface area contributed by atoms with Crippen molar-refractivity contribution in [2.45, 2.75) is 18.6 Å². The first-order chi connectivity index (χ1) is 8.90. The van der Waals surface area contributed by atoms with Crippen molar-refractivity contribution in [1.29, 1.82) is 0 Å². The standard InChI is InChI=1S/C12H11BrFNO4/c13-8-3-6(1-2-9(8)14)11(17)15-5-7(16)4-10(15)12(18)19/h1-3,7,10,16H,4-5H2,(H,18,19)/t7-,10-/m0/s1. The van der Waals surface area contributed by atoms with Crippen LogP contribution in [0.3, 0.4) is 0 Å². The number of nitrogens with zero attached hydrogens (tertiary/aromatic N) is 1. The number of β-amino-alcohol motifs (C(OH)–C–C–N with tert-alkyl or cyclic N) is 1. The van der Waals surface area contributed by atoms with Gasteiger partial charge in [0.25, 0.3) is 5.91 Å². The Morgan fingerprint density at radius 2 is 2.11 bits per heavy atom. The Bertz CT molecular complexity index is 536. The third-order valence-electron chi connectivity index (χ3n) is 2.99. The van der Waals surface area contributed by atoms with E-state index in [1.165, 1.54) is 12.1 Å². The summed E-state index contributed by atoms with van der Waals surface area (Å²) >= 11 is 2.97. The third-order valence-corrected chi connectivity index (χ3v) is 3.60. The molecule has 0 radical (unpaired) electrons. The number of halogens is 2. The van der Waals surface area contributed by atoms with Gasteiger partial charge in [0, 0.05) is 18.5 Å². The zero-order valence-corrected chi connectivity index (χ0v) is 11.3. The average Bonchev–Trinajstić information content (AvgIpc) is 2.74. The molecule has 2 N–H and O–H groups in total. The number of carboxylic acid groups (broad SMARTS) is 1. The van der Waals surface area contributed by atoms with Crippen LogP contribution in [0.15, 0.2) is 22.7 Å². The van der Waals surface area contributed by atoms with Crippen molar-refractivity contribution in [3.8, 4) is 0 Å². The molecule has 102 valence electrons. The van der Waals surface area contributed by atoms with E-state index in [0.717, 1.165) is 11.0 Å². The van der Waals surface area contributed by atoms with E-state index in [-0.39, 0.29) is 23.0 Å². The molecule has 1 heterocycles. The second-order valence-corrected chi connectivity index (χ2v) is 5.18. The molecule has 19 heavy (non-hydrogen) atoms. The summed E-state index contributed by atoms with van der Waals surface area (Å²) in [7, 11) is 0.